The van der Waals surface area contributed by atoms with E-state index in [1.807, 2.05) is 32.0 Å². The van der Waals surface area contributed by atoms with Crippen LogP contribution >= 0.6 is 11.6 Å². The molecule has 166 valence electrons. The molecule has 1 fully saturated rings. The monoisotopic (exact) mass is 443 g/mol. The van der Waals surface area contributed by atoms with Gasteiger partial charge in [-0.1, -0.05) is 17.7 Å². The fourth-order valence-electron chi connectivity index (χ4n) is 4.45. The summed E-state index contributed by atoms with van der Waals surface area (Å²) in [5.74, 6) is 0.541. The summed E-state index contributed by atoms with van der Waals surface area (Å²) in [7, 11) is 1.73. The average Bonchev–Trinajstić information content (AvgIpc) is 2.99. The molecular weight excluding hydrogens is 414 g/mol. The second-order valence-corrected chi connectivity index (χ2v) is 9.28. The average molecular weight is 444 g/mol. The number of benzene rings is 1. The molecule has 2 aliphatic rings. The molecule has 1 aliphatic heterocycles. The van der Waals surface area contributed by atoms with Gasteiger partial charge in [-0.25, -0.2) is 9.97 Å². The highest BCUT2D eigenvalue weighted by atomic mass is 35.5. The summed E-state index contributed by atoms with van der Waals surface area (Å²) in [6.07, 6.45) is 6.00. The Balaban J connectivity index is 1.46. The van der Waals surface area contributed by atoms with E-state index in [4.69, 9.17) is 21.3 Å². The molecule has 0 spiro atoms. The van der Waals surface area contributed by atoms with Crippen molar-refractivity contribution in [2.45, 2.75) is 57.2 Å². The number of methoxy groups -OCH3 is 1. The summed E-state index contributed by atoms with van der Waals surface area (Å²) in [6, 6.07) is 6.63. The number of carbonyl (C=O) groups is 1. The zero-order valence-corrected chi connectivity index (χ0v) is 19.1. The Morgan fingerprint density at radius 1 is 1.23 bits per heavy atom. The van der Waals surface area contributed by atoms with Gasteiger partial charge in [0.15, 0.2) is 0 Å². The highest BCUT2D eigenvalue weighted by molar-refractivity contribution is 6.32. The Morgan fingerprint density at radius 2 is 1.97 bits per heavy atom. The lowest BCUT2D eigenvalue weighted by Crippen LogP contribution is -2.38. The van der Waals surface area contributed by atoms with E-state index in [0.29, 0.717) is 34.3 Å². The number of amides is 1. The molecule has 31 heavy (non-hydrogen) atoms. The first-order valence-electron chi connectivity index (χ1n) is 10.9. The lowest BCUT2D eigenvalue weighted by atomic mass is 9.91. The molecule has 1 saturated carbocycles. The van der Waals surface area contributed by atoms with Crippen LogP contribution in [-0.4, -0.2) is 48.2 Å². The zero-order valence-electron chi connectivity index (χ0n) is 18.3. The van der Waals surface area contributed by atoms with Gasteiger partial charge in [0, 0.05) is 36.9 Å². The first-order valence-corrected chi connectivity index (χ1v) is 11.2. The minimum Gasteiger partial charge on any atom is -0.383 e. The van der Waals surface area contributed by atoms with Crippen LogP contribution in [0.2, 0.25) is 5.02 Å². The normalized spacial score (nSPS) is 22.1. The summed E-state index contributed by atoms with van der Waals surface area (Å²) in [6.45, 7) is 5.62. The van der Waals surface area contributed by atoms with Gasteiger partial charge >= 0.3 is 0 Å². The van der Waals surface area contributed by atoms with Gasteiger partial charge in [0.2, 0.25) is 5.95 Å². The van der Waals surface area contributed by atoms with Crippen molar-refractivity contribution < 1.29 is 9.53 Å². The van der Waals surface area contributed by atoms with Gasteiger partial charge in [0.1, 0.15) is 0 Å². The Morgan fingerprint density at radius 3 is 2.71 bits per heavy atom. The molecule has 1 aromatic heterocycles. The number of carbonyl (C=O) groups excluding carboxylic acids is 1. The number of ether oxygens (including phenoxy) is 1. The SMILES string of the molecule is COCCNC1CCC(Nc2ncc(Cl)c(-c3ccc4c(c3)C(C)(C)NC4=O)n2)CC1. The molecule has 8 heteroatoms. The van der Waals surface area contributed by atoms with Crippen molar-refractivity contribution in [1.29, 1.82) is 0 Å². The van der Waals surface area contributed by atoms with Gasteiger partial charge in [0.05, 0.1) is 29.1 Å². The van der Waals surface area contributed by atoms with Gasteiger partial charge in [-0.3, -0.25) is 4.79 Å². The molecule has 0 bridgehead atoms. The number of nitrogens with one attached hydrogen (secondary N) is 3. The molecule has 0 saturated heterocycles. The third-order valence-electron chi connectivity index (χ3n) is 6.18. The van der Waals surface area contributed by atoms with Crippen molar-refractivity contribution in [3.05, 3.63) is 40.5 Å². The Kier molecular flexibility index (Phi) is 6.46. The van der Waals surface area contributed by atoms with Crippen molar-refractivity contribution in [1.82, 2.24) is 20.6 Å². The first kappa shape index (κ1) is 22.0. The molecule has 3 N–H and O–H groups in total. The van der Waals surface area contributed by atoms with Gasteiger partial charge in [0.25, 0.3) is 5.91 Å². The number of fused-ring (bicyclic) bond motifs is 1. The van der Waals surface area contributed by atoms with E-state index in [2.05, 4.69) is 20.9 Å². The highest BCUT2D eigenvalue weighted by Gasteiger charge is 2.35. The molecule has 4 rings (SSSR count). The van der Waals surface area contributed by atoms with E-state index < -0.39 is 5.54 Å². The van der Waals surface area contributed by atoms with Gasteiger partial charge in [-0.15, -0.1) is 0 Å². The number of anilines is 1. The molecule has 2 aromatic rings. The summed E-state index contributed by atoms with van der Waals surface area (Å²) in [5, 5.41) is 10.5. The molecule has 1 aliphatic carbocycles. The Labute approximate surface area is 188 Å². The standard InChI is InChI=1S/C23H30ClN5O2/c1-23(2)18-12-14(4-9-17(18)21(30)29-23)20-19(24)13-26-22(28-20)27-16-7-5-15(6-8-16)25-10-11-31-3/h4,9,12-13,15-16,25H,5-8,10-11H2,1-3H3,(H,29,30)(H,26,27,28). The zero-order chi connectivity index (χ0) is 22.0. The maximum Gasteiger partial charge on any atom is 0.252 e. The van der Waals surface area contributed by atoms with Crippen LogP contribution in [0.1, 0.15) is 55.5 Å². The largest absolute Gasteiger partial charge is 0.383 e. The smallest absolute Gasteiger partial charge is 0.252 e. The van der Waals surface area contributed by atoms with Crippen LogP contribution in [0.4, 0.5) is 5.95 Å². The third-order valence-corrected chi connectivity index (χ3v) is 6.46. The minimum absolute atomic E-state index is 0.0463. The summed E-state index contributed by atoms with van der Waals surface area (Å²) in [5.41, 5.74) is 2.79. The number of aromatic nitrogens is 2. The second kappa shape index (κ2) is 9.10. The number of halogens is 1. The molecule has 0 unspecified atom stereocenters. The van der Waals surface area contributed by atoms with Gasteiger partial charge < -0.3 is 20.7 Å². The molecule has 2 heterocycles. The molecule has 0 atom stereocenters. The molecular formula is C23H30ClN5O2. The van der Waals surface area contributed by atoms with Crippen LogP contribution in [0.5, 0.6) is 0 Å². The molecule has 1 amide bonds. The predicted octanol–water partition coefficient (Wildman–Crippen LogP) is 3.73. The Bertz CT molecular complexity index is 957. The van der Waals surface area contributed by atoms with E-state index in [0.717, 1.165) is 50.0 Å². The number of rotatable bonds is 7. The first-order chi connectivity index (χ1) is 14.9. The van der Waals surface area contributed by atoms with E-state index in [9.17, 15) is 4.79 Å². The predicted molar refractivity (Wildman–Crippen MR) is 123 cm³/mol. The quantitative estimate of drug-likeness (QED) is 0.565. The summed E-state index contributed by atoms with van der Waals surface area (Å²) in [4.78, 5) is 21.3. The number of hydrogen-bond acceptors (Lipinski definition) is 6. The Hall–Kier alpha value is -2.22. The number of nitrogens with zero attached hydrogens (tertiary/aromatic N) is 2. The van der Waals surface area contributed by atoms with Crippen LogP contribution in [-0.2, 0) is 10.3 Å². The van der Waals surface area contributed by atoms with Crippen LogP contribution < -0.4 is 16.0 Å². The van der Waals surface area contributed by atoms with Gasteiger partial charge in [-0.05, 0) is 57.2 Å². The van der Waals surface area contributed by atoms with Crippen molar-refractivity contribution in [3.8, 4) is 11.3 Å². The fraction of sp³-hybridized carbons (Fsp3) is 0.522. The van der Waals surface area contributed by atoms with Crippen LogP contribution in [0.25, 0.3) is 11.3 Å². The van der Waals surface area contributed by atoms with E-state index >= 15 is 0 Å². The van der Waals surface area contributed by atoms with Crippen molar-refractivity contribution in [3.63, 3.8) is 0 Å². The summed E-state index contributed by atoms with van der Waals surface area (Å²) < 4.78 is 5.11. The highest BCUT2D eigenvalue weighted by Crippen LogP contribution is 2.35. The molecule has 0 radical (unpaired) electrons. The maximum atomic E-state index is 12.2. The fourth-order valence-corrected chi connectivity index (χ4v) is 4.65. The second-order valence-electron chi connectivity index (χ2n) is 8.87. The maximum absolute atomic E-state index is 12.2. The van der Waals surface area contributed by atoms with Crippen molar-refractivity contribution in [2.24, 2.45) is 0 Å². The van der Waals surface area contributed by atoms with E-state index in [1.54, 1.807) is 13.3 Å². The lowest BCUT2D eigenvalue weighted by molar-refractivity contribution is 0.0940. The third kappa shape index (κ3) is 4.84. The number of hydrogen-bond donors (Lipinski definition) is 3. The topological polar surface area (TPSA) is 88.2 Å². The summed E-state index contributed by atoms with van der Waals surface area (Å²) >= 11 is 6.45. The van der Waals surface area contributed by atoms with Crippen LogP contribution in [0, 0.1) is 0 Å². The van der Waals surface area contributed by atoms with Crippen LogP contribution in [0.3, 0.4) is 0 Å². The van der Waals surface area contributed by atoms with E-state index in [-0.39, 0.29) is 5.91 Å². The minimum atomic E-state index is -0.418. The van der Waals surface area contributed by atoms with Crippen LogP contribution in [0.15, 0.2) is 24.4 Å². The van der Waals surface area contributed by atoms with E-state index in [1.165, 1.54) is 0 Å². The molecule has 1 aromatic carbocycles. The van der Waals surface area contributed by atoms with Crippen molar-refractivity contribution >= 4 is 23.5 Å². The molecule has 7 nitrogen and oxygen atoms in total. The van der Waals surface area contributed by atoms with Crippen molar-refractivity contribution in [2.75, 3.05) is 25.6 Å². The lowest BCUT2D eigenvalue weighted by Gasteiger charge is -2.29. The van der Waals surface area contributed by atoms with Gasteiger partial charge in [-0.2, -0.15) is 0 Å².